The number of allylic oxidation sites excluding steroid dienone is 9. The SMILES string of the molecule is C=C/C=C\C(=C\CCCCCC)c1ccccc1-c1ccc2sc3ccc(-n4c5ccccc5c5cc(-c6ccccc6C6=CC=CC(CCN)C6)ccc54)cc3c2c1. The van der Waals surface area contributed by atoms with Crippen molar-refractivity contribution in [2.45, 2.75) is 51.9 Å². The van der Waals surface area contributed by atoms with Crippen LogP contribution in [0.5, 0.6) is 0 Å². The molecule has 0 aliphatic heterocycles. The highest BCUT2D eigenvalue weighted by Gasteiger charge is 2.19. The van der Waals surface area contributed by atoms with E-state index in [-0.39, 0.29) is 0 Å². The molecule has 0 amide bonds. The van der Waals surface area contributed by atoms with Gasteiger partial charge in [-0.2, -0.15) is 0 Å². The minimum absolute atomic E-state index is 0.485. The van der Waals surface area contributed by atoms with Crippen LogP contribution < -0.4 is 5.73 Å². The molecule has 9 rings (SSSR count). The lowest BCUT2D eigenvalue weighted by Gasteiger charge is -2.20. The normalized spacial score (nSPS) is 14.6. The van der Waals surface area contributed by atoms with Crippen LogP contribution in [0.1, 0.15) is 63.0 Å². The molecule has 2 N–H and O–H groups in total. The molecule has 0 saturated carbocycles. The lowest BCUT2D eigenvalue weighted by molar-refractivity contribution is 0.611. The van der Waals surface area contributed by atoms with Gasteiger partial charge in [0.15, 0.2) is 0 Å². The van der Waals surface area contributed by atoms with Gasteiger partial charge >= 0.3 is 0 Å². The Kier molecular flexibility index (Phi) is 11.4. The molecule has 0 radical (unpaired) electrons. The van der Waals surface area contributed by atoms with Gasteiger partial charge in [-0.15, -0.1) is 11.3 Å². The Balaban J connectivity index is 1.13. The van der Waals surface area contributed by atoms with Crippen LogP contribution in [0.15, 0.2) is 177 Å². The van der Waals surface area contributed by atoms with Crippen LogP contribution in [0.4, 0.5) is 0 Å². The largest absolute Gasteiger partial charge is 0.330 e. The number of fused-ring (bicyclic) bond motifs is 6. The van der Waals surface area contributed by atoms with Crippen LogP contribution in [0.2, 0.25) is 0 Å². The van der Waals surface area contributed by atoms with Crippen LogP contribution >= 0.6 is 11.3 Å². The molecule has 0 saturated heterocycles. The van der Waals surface area contributed by atoms with Gasteiger partial charge in [-0.25, -0.2) is 0 Å². The zero-order valence-electron chi connectivity index (χ0n) is 34.0. The van der Waals surface area contributed by atoms with Gasteiger partial charge in [0.1, 0.15) is 0 Å². The maximum absolute atomic E-state index is 5.97. The Morgan fingerprint density at radius 1 is 0.729 bits per heavy atom. The number of aromatic nitrogens is 1. The first-order valence-corrected chi connectivity index (χ1v) is 22.2. The van der Waals surface area contributed by atoms with E-state index in [1.807, 2.05) is 17.4 Å². The fraction of sp³-hybridized carbons (Fsp3) is 0.179. The third-order valence-electron chi connectivity index (χ3n) is 12.1. The van der Waals surface area contributed by atoms with E-state index in [1.54, 1.807) is 0 Å². The van der Waals surface area contributed by atoms with Crippen LogP contribution in [0.25, 0.3) is 81.1 Å². The Bertz CT molecular complexity index is 2940. The summed E-state index contributed by atoms with van der Waals surface area (Å²) in [5.41, 5.74) is 19.8. The average Bonchev–Trinajstić information content (AvgIpc) is 3.82. The summed E-state index contributed by atoms with van der Waals surface area (Å²) in [6.07, 6.45) is 23.5. The van der Waals surface area contributed by atoms with Crippen molar-refractivity contribution >= 4 is 64.5 Å². The van der Waals surface area contributed by atoms with Gasteiger partial charge in [0.05, 0.1) is 11.0 Å². The Morgan fingerprint density at radius 2 is 1.44 bits per heavy atom. The van der Waals surface area contributed by atoms with Crippen LogP contribution in [-0.2, 0) is 0 Å². The molecule has 59 heavy (non-hydrogen) atoms. The summed E-state index contributed by atoms with van der Waals surface area (Å²) in [5.74, 6) is 0.485. The quantitative estimate of drug-likeness (QED) is 0.0864. The molecule has 2 nitrogen and oxygen atoms in total. The fourth-order valence-corrected chi connectivity index (χ4v) is 10.2. The number of para-hydroxylation sites is 1. The van der Waals surface area contributed by atoms with Gasteiger partial charge in [0.2, 0.25) is 0 Å². The summed E-state index contributed by atoms with van der Waals surface area (Å²) in [7, 11) is 0. The summed E-state index contributed by atoms with van der Waals surface area (Å²) >= 11 is 1.88. The van der Waals surface area contributed by atoms with Crippen molar-refractivity contribution in [3.8, 4) is 27.9 Å². The number of hydrogen-bond donors (Lipinski definition) is 1. The first-order chi connectivity index (χ1) is 29.1. The van der Waals surface area contributed by atoms with Gasteiger partial charge in [0.25, 0.3) is 0 Å². The number of benzene rings is 6. The molecular formula is C56H52N2S. The lowest BCUT2D eigenvalue weighted by Crippen LogP contribution is -2.09. The average molecular weight is 785 g/mol. The predicted molar refractivity (Wildman–Crippen MR) is 260 cm³/mol. The first kappa shape index (κ1) is 38.5. The van der Waals surface area contributed by atoms with E-state index in [0.717, 1.165) is 19.3 Å². The number of nitrogens with zero attached hydrogens (tertiary/aromatic N) is 1. The van der Waals surface area contributed by atoms with Crippen molar-refractivity contribution in [2.24, 2.45) is 11.7 Å². The highest BCUT2D eigenvalue weighted by molar-refractivity contribution is 7.25. The van der Waals surface area contributed by atoms with Gasteiger partial charge < -0.3 is 10.3 Å². The third kappa shape index (κ3) is 7.69. The zero-order valence-corrected chi connectivity index (χ0v) is 34.9. The second-order valence-electron chi connectivity index (χ2n) is 15.9. The van der Waals surface area contributed by atoms with E-state index in [4.69, 9.17) is 5.73 Å². The van der Waals surface area contributed by atoms with E-state index in [0.29, 0.717) is 12.5 Å². The Morgan fingerprint density at radius 3 is 2.29 bits per heavy atom. The molecule has 2 aromatic heterocycles. The topological polar surface area (TPSA) is 30.9 Å². The van der Waals surface area contributed by atoms with Gasteiger partial charge in [0, 0.05) is 36.6 Å². The molecule has 0 fully saturated rings. The summed E-state index contributed by atoms with van der Waals surface area (Å²) in [6, 6.07) is 47.7. The summed E-state index contributed by atoms with van der Waals surface area (Å²) in [5, 5.41) is 5.12. The second kappa shape index (κ2) is 17.5. The number of unbranched alkanes of at least 4 members (excludes halogenated alkanes) is 4. The number of rotatable bonds is 14. The van der Waals surface area contributed by atoms with E-state index in [9.17, 15) is 0 Å². The van der Waals surface area contributed by atoms with Crippen molar-refractivity contribution in [2.75, 3.05) is 6.54 Å². The molecule has 0 bridgehead atoms. The molecule has 2 heterocycles. The molecule has 1 atom stereocenters. The van der Waals surface area contributed by atoms with Crippen LogP contribution in [-0.4, -0.2) is 11.1 Å². The van der Waals surface area contributed by atoms with Crippen molar-refractivity contribution in [3.05, 3.63) is 188 Å². The summed E-state index contributed by atoms with van der Waals surface area (Å²) < 4.78 is 5.06. The maximum atomic E-state index is 5.97. The molecule has 1 aliphatic rings. The first-order valence-electron chi connectivity index (χ1n) is 21.4. The summed E-state index contributed by atoms with van der Waals surface area (Å²) in [4.78, 5) is 0. The van der Waals surface area contributed by atoms with Gasteiger partial charge in [-0.3, -0.25) is 0 Å². The third-order valence-corrected chi connectivity index (χ3v) is 13.2. The Hall–Kier alpha value is -6.00. The molecule has 3 heteroatoms. The molecule has 292 valence electrons. The number of thiophene rings is 1. The predicted octanol–water partition coefficient (Wildman–Crippen LogP) is 15.9. The fourth-order valence-electron chi connectivity index (χ4n) is 9.12. The van der Waals surface area contributed by atoms with Crippen molar-refractivity contribution in [3.63, 3.8) is 0 Å². The molecule has 1 unspecified atom stereocenters. The van der Waals surface area contributed by atoms with Crippen molar-refractivity contribution < 1.29 is 0 Å². The maximum Gasteiger partial charge on any atom is 0.0541 e. The van der Waals surface area contributed by atoms with Crippen molar-refractivity contribution in [1.82, 2.24) is 4.57 Å². The monoisotopic (exact) mass is 784 g/mol. The molecular weight excluding hydrogens is 733 g/mol. The van der Waals surface area contributed by atoms with Crippen molar-refractivity contribution in [1.29, 1.82) is 0 Å². The molecule has 8 aromatic rings. The molecule has 6 aromatic carbocycles. The van der Waals surface area contributed by atoms with Crippen LogP contribution in [0, 0.1) is 5.92 Å². The van der Waals surface area contributed by atoms with Crippen LogP contribution in [0.3, 0.4) is 0 Å². The lowest BCUT2D eigenvalue weighted by atomic mass is 9.85. The van der Waals surface area contributed by atoms with E-state index in [2.05, 4.69) is 182 Å². The Labute approximate surface area is 353 Å². The molecule has 1 aliphatic carbocycles. The summed E-state index contributed by atoms with van der Waals surface area (Å²) in [6.45, 7) is 6.95. The second-order valence-corrected chi connectivity index (χ2v) is 17.0. The minimum atomic E-state index is 0.485. The molecule has 0 spiro atoms. The highest BCUT2D eigenvalue weighted by Crippen LogP contribution is 2.42. The van der Waals surface area contributed by atoms with E-state index in [1.165, 1.54) is 118 Å². The number of nitrogens with two attached hydrogens (primary N) is 1. The highest BCUT2D eigenvalue weighted by atomic mass is 32.1. The zero-order chi connectivity index (χ0) is 40.1. The standard InChI is InChI=1S/C56H52N2S/c1-3-5-7-8-9-19-40(18-6-4-2)45-21-10-11-23-47(45)43-28-31-55-51(37-43)52-38-44(29-32-56(52)59-55)58-53-26-15-14-25-49(53)50-36-42(27-30-54(50)58)48-24-13-12-22-46(48)41-20-16-17-39(35-41)33-34-57/h4,6,10-32,36-39H,2-3,5,7-9,33-35,57H2,1H3/b18-6-,40-19-. The number of hydrogen-bond acceptors (Lipinski definition) is 2. The van der Waals surface area contributed by atoms with E-state index < -0.39 is 0 Å². The van der Waals surface area contributed by atoms with Gasteiger partial charge in [-0.05, 0) is 131 Å². The smallest absolute Gasteiger partial charge is 0.0541 e. The van der Waals surface area contributed by atoms with E-state index >= 15 is 0 Å². The minimum Gasteiger partial charge on any atom is -0.330 e. The van der Waals surface area contributed by atoms with Gasteiger partial charge in [-0.1, -0.05) is 154 Å².